The van der Waals surface area contributed by atoms with Crippen LogP contribution in [0.5, 0.6) is 0 Å². The average molecular weight is 195 g/mol. The second-order valence-electron chi connectivity index (χ2n) is 3.38. The molecular weight excluding hydrogens is 178 g/mol. The lowest BCUT2D eigenvalue weighted by atomic mass is 10.1. The summed E-state index contributed by atoms with van der Waals surface area (Å²) >= 11 is 1.81. The van der Waals surface area contributed by atoms with Crippen molar-refractivity contribution in [3.63, 3.8) is 0 Å². The van der Waals surface area contributed by atoms with Gasteiger partial charge < -0.3 is 4.90 Å². The lowest BCUT2D eigenvalue weighted by Crippen LogP contribution is -2.17. The maximum absolute atomic E-state index is 2.23. The van der Waals surface area contributed by atoms with Crippen LogP contribution in [0.4, 0.5) is 0 Å². The van der Waals surface area contributed by atoms with E-state index < -0.39 is 0 Å². The number of hydrogen-bond donors (Lipinski definition) is 0. The predicted octanol–water partition coefficient (Wildman–Crippen LogP) is 3.03. The Hall–Kier alpha value is -0.470. The minimum atomic E-state index is 0.489. The van der Waals surface area contributed by atoms with Crippen LogP contribution in [0.2, 0.25) is 0 Å². The summed E-state index contributed by atoms with van der Waals surface area (Å²) in [6.07, 6.45) is 2.13. The van der Waals surface area contributed by atoms with Crippen molar-refractivity contribution in [2.24, 2.45) is 0 Å². The summed E-state index contributed by atoms with van der Waals surface area (Å²) in [6, 6.07) is 9.08. The first-order valence-electron chi connectivity index (χ1n) is 4.46. The molecule has 0 aromatic heterocycles. The Bertz CT molecular complexity index is 271. The van der Waals surface area contributed by atoms with Gasteiger partial charge in [-0.05, 0) is 38.9 Å². The Morgan fingerprint density at radius 1 is 1.23 bits per heavy atom. The molecule has 0 fully saturated rings. The van der Waals surface area contributed by atoms with Gasteiger partial charge in [-0.2, -0.15) is 0 Å². The minimum absolute atomic E-state index is 0.489. The summed E-state index contributed by atoms with van der Waals surface area (Å²) in [5.74, 6) is 0. The van der Waals surface area contributed by atoms with Gasteiger partial charge in [0.15, 0.2) is 0 Å². The zero-order valence-electron chi connectivity index (χ0n) is 8.74. The molecule has 0 unspecified atom stereocenters. The van der Waals surface area contributed by atoms with E-state index >= 15 is 0 Å². The van der Waals surface area contributed by atoms with Crippen LogP contribution in [0.1, 0.15) is 18.5 Å². The van der Waals surface area contributed by atoms with Gasteiger partial charge in [0, 0.05) is 10.9 Å². The lowest BCUT2D eigenvalue weighted by molar-refractivity contribution is 0.317. The molecule has 1 aromatic rings. The minimum Gasteiger partial charge on any atom is -0.303 e. The normalized spacial score (nSPS) is 13.3. The van der Waals surface area contributed by atoms with Crippen LogP contribution >= 0.6 is 11.8 Å². The highest BCUT2D eigenvalue weighted by Gasteiger charge is 2.10. The SMILES string of the molecule is CSc1ccccc1[C@@H](C)N(C)C. The fraction of sp³-hybridized carbons (Fsp3) is 0.455. The third-order valence-electron chi connectivity index (χ3n) is 2.36. The van der Waals surface area contributed by atoms with Crippen molar-refractivity contribution < 1.29 is 0 Å². The summed E-state index contributed by atoms with van der Waals surface area (Å²) < 4.78 is 0. The Balaban J connectivity index is 2.98. The summed E-state index contributed by atoms with van der Waals surface area (Å²) in [5, 5.41) is 0. The van der Waals surface area contributed by atoms with Crippen LogP contribution in [-0.2, 0) is 0 Å². The second kappa shape index (κ2) is 4.68. The highest BCUT2D eigenvalue weighted by Crippen LogP contribution is 2.27. The first-order chi connectivity index (χ1) is 6.16. The van der Waals surface area contributed by atoms with Crippen molar-refractivity contribution in [2.45, 2.75) is 17.9 Å². The van der Waals surface area contributed by atoms with Crippen molar-refractivity contribution in [1.29, 1.82) is 0 Å². The van der Waals surface area contributed by atoms with Crippen LogP contribution in [0.15, 0.2) is 29.2 Å². The maximum atomic E-state index is 2.23. The van der Waals surface area contributed by atoms with E-state index in [0.717, 1.165) is 0 Å². The standard InChI is InChI=1S/C11H17NS/c1-9(12(2)3)10-7-5-6-8-11(10)13-4/h5-9H,1-4H3/t9-/m1/s1. The van der Waals surface area contributed by atoms with Gasteiger partial charge in [-0.1, -0.05) is 18.2 Å². The Labute approximate surface area is 85.1 Å². The van der Waals surface area contributed by atoms with Gasteiger partial charge in [0.05, 0.1) is 0 Å². The molecule has 13 heavy (non-hydrogen) atoms. The first kappa shape index (κ1) is 10.6. The fourth-order valence-electron chi connectivity index (χ4n) is 1.29. The largest absolute Gasteiger partial charge is 0.303 e. The van der Waals surface area contributed by atoms with E-state index in [9.17, 15) is 0 Å². The second-order valence-corrected chi connectivity index (χ2v) is 4.23. The summed E-state index contributed by atoms with van der Waals surface area (Å²) in [6.45, 7) is 2.23. The smallest absolute Gasteiger partial charge is 0.0324 e. The summed E-state index contributed by atoms with van der Waals surface area (Å²) in [7, 11) is 4.23. The number of benzene rings is 1. The molecule has 1 aromatic carbocycles. The summed E-state index contributed by atoms with van der Waals surface area (Å²) in [5.41, 5.74) is 1.42. The topological polar surface area (TPSA) is 3.24 Å². The predicted molar refractivity (Wildman–Crippen MR) is 60.3 cm³/mol. The van der Waals surface area contributed by atoms with Crippen molar-refractivity contribution in [1.82, 2.24) is 4.90 Å². The molecule has 72 valence electrons. The number of rotatable bonds is 3. The Kier molecular flexibility index (Phi) is 3.82. The van der Waals surface area contributed by atoms with Crippen LogP contribution in [-0.4, -0.2) is 25.3 Å². The molecule has 0 aliphatic heterocycles. The number of thioether (sulfide) groups is 1. The van der Waals surface area contributed by atoms with Crippen molar-refractivity contribution in [3.05, 3.63) is 29.8 Å². The highest BCUT2D eigenvalue weighted by atomic mass is 32.2. The van der Waals surface area contributed by atoms with Gasteiger partial charge in [0.1, 0.15) is 0 Å². The van der Waals surface area contributed by atoms with E-state index in [-0.39, 0.29) is 0 Å². The van der Waals surface area contributed by atoms with Gasteiger partial charge >= 0.3 is 0 Å². The van der Waals surface area contributed by atoms with E-state index in [2.05, 4.69) is 56.4 Å². The van der Waals surface area contributed by atoms with Crippen LogP contribution in [0.25, 0.3) is 0 Å². The van der Waals surface area contributed by atoms with E-state index in [1.54, 1.807) is 0 Å². The van der Waals surface area contributed by atoms with Gasteiger partial charge in [-0.15, -0.1) is 11.8 Å². The fourth-order valence-corrected chi connectivity index (χ4v) is 1.98. The number of nitrogens with zero attached hydrogens (tertiary/aromatic N) is 1. The lowest BCUT2D eigenvalue weighted by Gasteiger charge is -2.22. The zero-order valence-corrected chi connectivity index (χ0v) is 9.56. The average Bonchev–Trinajstić information content (AvgIpc) is 2.16. The molecule has 0 saturated carbocycles. The molecule has 0 bridgehead atoms. The molecule has 0 heterocycles. The van der Waals surface area contributed by atoms with Crippen LogP contribution < -0.4 is 0 Å². The third-order valence-corrected chi connectivity index (χ3v) is 3.18. The van der Waals surface area contributed by atoms with E-state index in [1.807, 2.05) is 11.8 Å². The molecule has 1 atom stereocenters. The van der Waals surface area contributed by atoms with E-state index in [0.29, 0.717) is 6.04 Å². The molecule has 0 aliphatic rings. The third kappa shape index (κ3) is 2.48. The molecule has 0 saturated heterocycles. The molecule has 0 amide bonds. The zero-order chi connectivity index (χ0) is 9.84. The Morgan fingerprint density at radius 2 is 1.85 bits per heavy atom. The molecule has 0 aliphatic carbocycles. The molecule has 0 radical (unpaired) electrons. The molecule has 1 nitrogen and oxygen atoms in total. The van der Waals surface area contributed by atoms with Crippen LogP contribution in [0.3, 0.4) is 0 Å². The van der Waals surface area contributed by atoms with Gasteiger partial charge in [-0.3, -0.25) is 0 Å². The molecular formula is C11H17NS. The quantitative estimate of drug-likeness (QED) is 0.682. The van der Waals surface area contributed by atoms with Gasteiger partial charge in [-0.25, -0.2) is 0 Å². The van der Waals surface area contributed by atoms with E-state index in [4.69, 9.17) is 0 Å². The molecule has 0 N–H and O–H groups in total. The molecule has 0 spiro atoms. The Morgan fingerprint density at radius 3 is 2.38 bits per heavy atom. The molecule has 2 heteroatoms. The molecule has 1 rings (SSSR count). The highest BCUT2D eigenvalue weighted by molar-refractivity contribution is 7.98. The van der Waals surface area contributed by atoms with Crippen molar-refractivity contribution >= 4 is 11.8 Å². The monoisotopic (exact) mass is 195 g/mol. The maximum Gasteiger partial charge on any atom is 0.0324 e. The van der Waals surface area contributed by atoms with Gasteiger partial charge in [0.2, 0.25) is 0 Å². The first-order valence-corrected chi connectivity index (χ1v) is 5.68. The van der Waals surface area contributed by atoms with Crippen molar-refractivity contribution in [3.8, 4) is 0 Å². The van der Waals surface area contributed by atoms with Gasteiger partial charge in [0.25, 0.3) is 0 Å². The summed E-state index contributed by atoms with van der Waals surface area (Å²) in [4.78, 5) is 3.61. The number of hydrogen-bond acceptors (Lipinski definition) is 2. The van der Waals surface area contributed by atoms with E-state index in [1.165, 1.54) is 10.5 Å². The van der Waals surface area contributed by atoms with Crippen molar-refractivity contribution in [2.75, 3.05) is 20.4 Å². The van der Waals surface area contributed by atoms with Crippen LogP contribution in [0, 0.1) is 0 Å².